The SMILES string of the molecule is ClN(CCc1ccccc1)c1ncnc2ccccc12. The van der Waals surface area contributed by atoms with Gasteiger partial charge in [-0.1, -0.05) is 42.5 Å². The first-order valence-electron chi connectivity index (χ1n) is 6.51. The number of halogens is 1. The van der Waals surface area contributed by atoms with Crippen molar-refractivity contribution in [2.45, 2.75) is 6.42 Å². The molecule has 0 spiro atoms. The van der Waals surface area contributed by atoms with Crippen LogP contribution in [0.3, 0.4) is 0 Å². The molecule has 3 aromatic rings. The molecule has 0 aliphatic heterocycles. The minimum atomic E-state index is 0.701. The van der Waals surface area contributed by atoms with Gasteiger partial charge in [0.1, 0.15) is 6.33 Å². The van der Waals surface area contributed by atoms with E-state index in [1.807, 2.05) is 42.5 Å². The van der Waals surface area contributed by atoms with Gasteiger partial charge in [-0.05, 0) is 24.1 Å². The summed E-state index contributed by atoms with van der Waals surface area (Å²) in [6.45, 7) is 0.701. The van der Waals surface area contributed by atoms with Crippen LogP contribution in [0.15, 0.2) is 60.9 Å². The number of benzene rings is 2. The zero-order valence-corrected chi connectivity index (χ0v) is 11.7. The van der Waals surface area contributed by atoms with Gasteiger partial charge in [-0.15, -0.1) is 0 Å². The monoisotopic (exact) mass is 283 g/mol. The van der Waals surface area contributed by atoms with Gasteiger partial charge >= 0.3 is 0 Å². The highest BCUT2D eigenvalue weighted by atomic mass is 35.5. The van der Waals surface area contributed by atoms with Crippen LogP contribution in [0.25, 0.3) is 10.9 Å². The molecule has 0 amide bonds. The van der Waals surface area contributed by atoms with Crippen LogP contribution in [-0.4, -0.2) is 16.5 Å². The average Bonchev–Trinajstić information content (AvgIpc) is 2.53. The first kappa shape index (κ1) is 12.9. The molecule has 0 aliphatic carbocycles. The Morgan fingerprint density at radius 1 is 0.900 bits per heavy atom. The van der Waals surface area contributed by atoms with Crippen LogP contribution in [0.1, 0.15) is 5.56 Å². The van der Waals surface area contributed by atoms with Crippen molar-refractivity contribution >= 4 is 28.5 Å². The number of para-hydroxylation sites is 1. The van der Waals surface area contributed by atoms with Crippen LogP contribution >= 0.6 is 11.8 Å². The molecule has 0 saturated carbocycles. The summed E-state index contributed by atoms with van der Waals surface area (Å²) in [6, 6.07) is 18.2. The number of rotatable bonds is 4. The minimum Gasteiger partial charge on any atom is -0.268 e. The molecule has 20 heavy (non-hydrogen) atoms. The molecule has 100 valence electrons. The van der Waals surface area contributed by atoms with Gasteiger partial charge in [0.05, 0.1) is 5.52 Å². The molecule has 0 fully saturated rings. The minimum absolute atomic E-state index is 0.701. The second-order valence-electron chi connectivity index (χ2n) is 4.54. The number of aromatic nitrogens is 2. The van der Waals surface area contributed by atoms with Crippen LogP contribution in [0.5, 0.6) is 0 Å². The van der Waals surface area contributed by atoms with Gasteiger partial charge in [-0.3, -0.25) is 4.42 Å². The molecule has 2 aromatic carbocycles. The predicted octanol–water partition coefficient (Wildman–Crippen LogP) is 3.83. The van der Waals surface area contributed by atoms with E-state index in [1.54, 1.807) is 10.7 Å². The summed E-state index contributed by atoms with van der Waals surface area (Å²) >= 11 is 6.38. The van der Waals surface area contributed by atoms with E-state index in [9.17, 15) is 0 Å². The lowest BCUT2D eigenvalue weighted by Crippen LogP contribution is -2.16. The number of hydrogen-bond acceptors (Lipinski definition) is 3. The second kappa shape index (κ2) is 5.88. The molecule has 0 aliphatic rings. The lowest BCUT2D eigenvalue weighted by atomic mass is 10.1. The third kappa shape index (κ3) is 2.73. The van der Waals surface area contributed by atoms with E-state index in [1.165, 1.54) is 5.56 Å². The first-order chi connectivity index (χ1) is 9.84. The van der Waals surface area contributed by atoms with Gasteiger partial charge in [0.15, 0.2) is 5.82 Å². The third-order valence-corrected chi connectivity index (χ3v) is 3.52. The van der Waals surface area contributed by atoms with Gasteiger partial charge in [0, 0.05) is 23.7 Å². The summed E-state index contributed by atoms with van der Waals surface area (Å²) in [6.07, 6.45) is 2.43. The highest BCUT2D eigenvalue weighted by molar-refractivity contribution is 6.26. The Morgan fingerprint density at radius 2 is 1.65 bits per heavy atom. The van der Waals surface area contributed by atoms with Crippen molar-refractivity contribution in [2.24, 2.45) is 0 Å². The zero-order valence-electron chi connectivity index (χ0n) is 10.9. The Bertz CT molecular complexity index is 695. The maximum Gasteiger partial charge on any atom is 0.154 e. The Morgan fingerprint density at radius 3 is 2.50 bits per heavy atom. The predicted molar refractivity (Wildman–Crippen MR) is 82.9 cm³/mol. The standard InChI is InChI=1S/C16H14ClN3/c17-20(11-10-13-6-2-1-3-7-13)16-14-8-4-5-9-15(14)18-12-19-16/h1-9,12H,10-11H2. The highest BCUT2D eigenvalue weighted by Crippen LogP contribution is 2.24. The lowest BCUT2D eigenvalue weighted by molar-refractivity contribution is 0.942. The van der Waals surface area contributed by atoms with Crippen LogP contribution in [0, 0.1) is 0 Å². The van der Waals surface area contributed by atoms with Crippen LogP contribution < -0.4 is 4.42 Å². The Balaban J connectivity index is 1.80. The number of nitrogens with zero attached hydrogens (tertiary/aromatic N) is 3. The number of anilines is 1. The van der Waals surface area contributed by atoms with Crippen molar-refractivity contribution in [3.8, 4) is 0 Å². The van der Waals surface area contributed by atoms with Gasteiger partial charge in [-0.2, -0.15) is 0 Å². The quantitative estimate of drug-likeness (QED) is 0.681. The second-order valence-corrected chi connectivity index (χ2v) is 4.94. The molecule has 0 saturated heterocycles. The Labute approximate surface area is 123 Å². The van der Waals surface area contributed by atoms with E-state index in [0.29, 0.717) is 6.54 Å². The smallest absolute Gasteiger partial charge is 0.154 e. The molecule has 3 rings (SSSR count). The third-order valence-electron chi connectivity index (χ3n) is 3.19. The van der Waals surface area contributed by atoms with Crippen molar-refractivity contribution in [2.75, 3.05) is 11.0 Å². The summed E-state index contributed by atoms with van der Waals surface area (Å²) < 4.78 is 1.66. The van der Waals surface area contributed by atoms with Crippen molar-refractivity contribution in [1.82, 2.24) is 9.97 Å². The lowest BCUT2D eigenvalue weighted by Gasteiger charge is -2.16. The summed E-state index contributed by atoms with van der Waals surface area (Å²) in [4.78, 5) is 8.55. The van der Waals surface area contributed by atoms with Crippen LogP contribution in [0.2, 0.25) is 0 Å². The Hall–Kier alpha value is -2.13. The van der Waals surface area contributed by atoms with Crippen molar-refractivity contribution in [3.05, 3.63) is 66.5 Å². The molecule has 0 bridgehead atoms. The molecule has 1 aromatic heterocycles. The summed E-state index contributed by atoms with van der Waals surface area (Å²) in [7, 11) is 0. The number of fused-ring (bicyclic) bond motifs is 1. The molecule has 0 atom stereocenters. The van der Waals surface area contributed by atoms with Gasteiger partial charge in [0.25, 0.3) is 0 Å². The average molecular weight is 284 g/mol. The van der Waals surface area contributed by atoms with Crippen molar-refractivity contribution in [3.63, 3.8) is 0 Å². The fourth-order valence-corrected chi connectivity index (χ4v) is 2.38. The Kier molecular flexibility index (Phi) is 3.79. The maximum absolute atomic E-state index is 6.38. The van der Waals surface area contributed by atoms with E-state index in [4.69, 9.17) is 11.8 Å². The van der Waals surface area contributed by atoms with Crippen LogP contribution in [0.4, 0.5) is 5.82 Å². The van der Waals surface area contributed by atoms with E-state index in [2.05, 4.69) is 22.1 Å². The van der Waals surface area contributed by atoms with E-state index in [0.717, 1.165) is 23.1 Å². The molecule has 4 heteroatoms. The molecule has 0 unspecified atom stereocenters. The van der Waals surface area contributed by atoms with E-state index in [-0.39, 0.29) is 0 Å². The fraction of sp³-hybridized carbons (Fsp3) is 0.125. The zero-order chi connectivity index (χ0) is 13.8. The normalized spacial score (nSPS) is 10.7. The van der Waals surface area contributed by atoms with Crippen LogP contribution in [-0.2, 0) is 6.42 Å². The molecule has 1 heterocycles. The molecular formula is C16H14ClN3. The largest absolute Gasteiger partial charge is 0.268 e. The molecular weight excluding hydrogens is 270 g/mol. The van der Waals surface area contributed by atoms with Crippen molar-refractivity contribution < 1.29 is 0 Å². The topological polar surface area (TPSA) is 29.0 Å². The maximum atomic E-state index is 6.38. The summed E-state index contributed by atoms with van der Waals surface area (Å²) in [5.41, 5.74) is 2.17. The van der Waals surface area contributed by atoms with Crippen molar-refractivity contribution in [1.29, 1.82) is 0 Å². The molecule has 0 radical (unpaired) electrons. The summed E-state index contributed by atoms with van der Waals surface area (Å²) in [5.74, 6) is 0.758. The number of hydrogen-bond donors (Lipinski definition) is 0. The molecule has 3 nitrogen and oxygen atoms in total. The summed E-state index contributed by atoms with van der Waals surface area (Å²) in [5, 5.41) is 0.970. The van der Waals surface area contributed by atoms with E-state index >= 15 is 0 Å². The van der Waals surface area contributed by atoms with E-state index < -0.39 is 0 Å². The van der Waals surface area contributed by atoms with Gasteiger partial charge < -0.3 is 0 Å². The highest BCUT2D eigenvalue weighted by Gasteiger charge is 2.09. The molecule has 0 N–H and O–H groups in total. The fourth-order valence-electron chi connectivity index (χ4n) is 2.16. The van der Waals surface area contributed by atoms with Gasteiger partial charge in [-0.25, -0.2) is 9.97 Å². The first-order valence-corrected chi connectivity index (χ1v) is 6.85. The van der Waals surface area contributed by atoms with Gasteiger partial charge in [0.2, 0.25) is 0 Å².